The van der Waals surface area contributed by atoms with Crippen molar-refractivity contribution in [2.45, 2.75) is 65.4 Å². The molecule has 0 bridgehead atoms. The molecule has 2 heteroatoms. The van der Waals surface area contributed by atoms with Crippen molar-refractivity contribution in [2.24, 2.45) is 5.92 Å². The quantitative estimate of drug-likeness (QED) is 0.580. The van der Waals surface area contributed by atoms with Crippen LogP contribution in [-0.2, 0) is 0 Å². The van der Waals surface area contributed by atoms with E-state index < -0.39 is 5.60 Å². The summed E-state index contributed by atoms with van der Waals surface area (Å²) >= 11 is 0. The molecule has 1 unspecified atom stereocenters. The van der Waals surface area contributed by atoms with Crippen molar-refractivity contribution in [3.05, 3.63) is 0 Å². The van der Waals surface area contributed by atoms with Crippen molar-refractivity contribution in [3.8, 4) is 0 Å². The third kappa shape index (κ3) is 10.2. The maximum absolute atomic E-state index is 10.0. The lowest BCUT2D eigenvalue weighted by Crippen LogP contribution is -2.39. The summed E-state index contributed by atoms with van der Waals surface area (Å²) in [7, 11) is 0. The van der Waals surface area contributed by atoms with Crippen LogP contribution in [0.25, 0.3) is 0 Å². The van der Waals surface area contributed by atoms with Crippen molar-refractivity contribution in [2.75, 3.05) is 13.1 Å². The van der Waals surface area contributed by atoms with Gasteiger partial charge in [0.05, 0.1) is 5.60 Å². The molecule has 92 valence electrons. The largest absolute Gasteiger partial charge is 0.389 e. The van der Waals surface area contributed by atoms with Gasteiger partial charge in [-0.2, -0.15) is 0 Å². The summed E-state index contributed by atoms with van der Waals surface area (Å²) in [6, 6.07) is 0. The van der Waals surface area contributed by atoms with E-state index >= 15 is 0 Å². The first-order chi connectivity index (χ1) is 6.98. The van der Waals surface area contributed by atoms with Crippen molar-refractivity contribution >= 4 is 0 Å². The number of unbranched alkanes of at least 4 members (excludes halogenated alkanes) is 3. The molecular weight excluding hydrogens is 186 g/mol. The molecular formula is C13H29NO. The highest BCUT2D eigenvalue weighted by atomic mass is 16.3. The van der Waals surface area contributed by atoms with Crippen molar-refractivity contribution in [3.63, 3.8) is 0 Å². The van der Waals surface area contributed by atoms with Gasteiger partial charge in [0.2, 0.25) is 0 Å². The maximum atomic E-state index is 10.0. The summed E-state index contributed by atoms with van der Waals surface area (Å²) in [6.45, 7) is 10.2. The Morgan fingerprint density at radius 2 is 1.87 bits per heavy atom. The zero-order chi connectivity index (χ0) is 11.7. The molecule has 0 aliphatic heterocycles. The molecule has 0 aromatic carbocycles. The number of hydrogen-bond acceptors (Lipinski definition) is 2. The second-order valence-electron chi connectivity index (χ2n) is 5.33. The summed E-state index contributed by atoms with van der Waals surface area (Å²) in [5, 5.41) is 13.4. The molecule has 0 radical (unpaired) electrons. The van der Waals surface area contributed by atoms with Crippen LogP contribution >= 0.6 is 0 Å². The number of hydrogen-bond donors (Lipinski definition) is 2. The van der Waals surface area contributed by atoms with Gasteiger partial charge in [-0.05, 0) is 32.2 Å². The molecule has 0 amide bonds. The molecule has 0 aromatic rings. The van der Waals surface area contributed by atoms with E-state index in [1.807, 2.05) is 6.92 Å². The lowest BCUT2D eigenvalue weighted by atomic mass is 9.94. The standard InChI is InChI=1S/C13H29NO/c1-5-6-7-8-9-14-11-13(4,15)10-12(2)3/h12,14-15H,5-11H2,1-4H3. The Morgan fingerprint density at radius 1 is 1.20 bits per heavy atom. The van der Waals surface area contributed by atoms with Crippen LogP contribution in [0.4, 0.5) is 0 Å². The van der Waals surface area contributed by atoms with Gasteiger partial charge in [-0.15, -0.1) is 0 Å². The molecule has 0 heterocycles. The normalized spacial score (nSPS) is 15.6. The van der Waals surface area contributed by atoms with Crippen LogP contribution in [0.3, 0.4) is 0 Å². The first kappa shape index (κ1) is 14.9. The van der Waals surface area contributed by atoms with Crippen LogP contribution in [-0.4, -0.2) is 23.8 Å². The fourth-order valence-electron chi connectivity index (χ4n) is 1.99. The molecule has 1 atom stereocenters. The Balaban J connectivity index is 3.40. The molecule has 0 saturated heterocycles. The first-order valence-electron chi connectivity index (χ1n) is 6.41. The summed E-state index contributed by atoms with van der Waals surface area (Å²) in [4.78, 5) is 0. The topological polar surface area (TPSA) is 32.3 Å². The number of nitrogens with one attached hydrogen (secondary N) is 1. The molecule has 0 saturated carbocycles. The van der Waals surface area contributed by atoms with Crippen molar-refractivity contribution < 1.29 is 5.11 Å². The summed E-state index contributed by atoms with van der Waals surface area (Å²) < 4.78 is 0. The molecule has 2 nitrogen and oxygen atoms in total. The van der Waals surface area contributed by atoms with Crippen molar-refractivity contribution in [1.29, 1.82) is 0 Å². The first-order valence-corrected chi connectivity index (χ1v) is 6.41. The fraction of sp³-hybridized carbons (Fsp3) is 1.00. The maximum Gasteiger partial charge on any atom is 0.0746 e. The van der Waals surface area contributed by atoms with E-state index in [0.717, 1.165) is 19.5 Å². The Morgan fingerprint density at radius 3 is 2.40 bits per heavy atom. The SMILES string of the molecule is CCCCCCNCC(C)(O)CC(C)C. The highest BCUT2D eigenvalue weighted by molar-refractivity contribution is 4.76. The molecule has 0 spiro atoms. The van der Waals surface area contributed by atoms with Gasteiger partial charge < -0.3 is 10.4 Å². The van der Waals surface area contributed by atoms with E-state index in [2.05, 4.69) is 26.1 Å². The van der Waals surface area contributed by atoms with Crippen LogP contribution in [0.5, 0.6) is 0 Å². The lowest BCUT2D eigenvalue weighted by molar-refractivity contribution is 0.0387. The van der Waals surface area contributed by atoms with E-state index in [4.69, 9.17) is 0 Å². The molecule has 2 N–H and O–H groups in total. The lowest BCUT2D eigenvalue weighted by Gasteiger charge is -2.25. The highest BCUT2D eigenvalue weighted by Gasteiger charge is 2.20. The van der Waals surface area contributed by atoms with Gasteiger partial charge in [0, 0.05) is 6.54 Å². The van der Waals surface area contributed by atoms with Crippen LogP contribution in [0.15, 0.2) is 0 Å². The Labute approximate surface area is 95.5 Å². The average molecular weight is 215 g/mol. The van der Waals surface area contributed by atoms with Gasteiger partial charge in [-0.25, -0.2) is 0 Å². The smallest absolute Gasteiger partial charge is 0.0746 e. The van der Waals surface area contributed by atoms with Crippen LogP contribution in [0.1, 0.15) is 59.8 Å². The fourth-order valence-corrected chi connectivity index (χ4v) is 1.99. The van der Waals surface area contributed by atoms with E-state index in [9.17, 15) is 5.11 Å². The second kappa shape index (κ2) is 8.12. The predicted molar refractivity (Wildman–Crippen MR) is 67.1 cm³/mol. The summed E-state index contributed by atoms with van der Waals surface area (Å²) in [5.74, 6) is 0.557. The molecule has 0 rings (SSSR count). The van der Waals surface area contributed by atoms with E-state index in [-0.39, 0.29) is 0 Å². The van der Waals surface area contributed by atoms with Gasteiger partial charge in [0.1, 0.15) is 0 Å². The zero-order valence-electron chi connectivity index (χ0n) is 11.0. The molecule has 15 heavy (non-hydrogen) atoms. The Hall–Kier alpha value is -0.0800. The van der Waals surface area contributed by atoms with Gasteiger partial charge in [-0.3, -0.25) is 0 Å². The van der Waals surface area contributed by atoms with Gasteiger partial charge in [0.15, 0.2) is 0 Å². The zero-order valence-corrected chi connectivity index (χ0v) is 11.0. The van der Waals surface area contributed by atoms with E-state index in [0.29, 0.717) is 5.92 Å². The minimum absolute atomic E-state index is 0.543. The predicted octanol–water partition coefficient (Wildman–Crippen LogP) is 2.95. The van der Waals surface area contributed by atoms with Crippen LogP contribution < -0.4 is 5.32 Å². The summed E-state index contributed by atoms with van der Waals surface area (Å²) in [5.41, 5.74) is -0.543. The number of rotatable bonds is 9. The second-order valence-corrected chi connectivity index (χ2v) is 5.33. The van der Waals surface area contributed by atoms with E-state index in [1.165, 1.54) is 25.7 Å². The monoisotopic (exact) mass is 215 g/mol. The van der Waals surface area contributed by atoms with Gasteiger partial charge in [0.25, 0.3) is 0 Å². The Bertz CT molecular complexity index is 143. The molecule has 0 aromatic heterocycles. The third-order valence-corrected chi connectivity index (χ3v) is 2.56. The minimum Gasteiger partial charge on any atom is -0.389 e. The van der Waals surface area contributed by atoms with Crippen molar-refractivity contribution in [1.82, 2.24) is 5.32 Å². The minimum atomic E-state index is -0.543. The van der Waals surface area contributed by atoms with Gasteiger partial charge in [-0.1, -0.05) is 40.0 Å². The van der Waals surface area contributed by atoms with Gasteiger partial charge >= 0.3 is 0 Å². The number of aliphatic hydroxyl groups is 1. The van der Waals surface area contributed by atoms with E-state index in [1.54, 1.807) is 0 Å². The highest BCUT2D eigenvalue weighted by Crippen LogP contribution is 2.14. The average Bonchev–Trinajstić information content (AvgIpc) is 2.08. The molecule has 0 aliphatic rings. The Kier molecular flexibility index (Phi) is 8.07. The van der Waals surface area contributed by atoms with Crippen LogP contribution in [0, 0.1) is 5.92 Å². The van der Waals surface area contributed by atoms with Crippen LogP contribution in [0.2, 0.25) is 0 Å². The summed E-state index contributed by atoms with van der Waals surface area (Å²) in [6.07, 6.45) is 6.01. The third-order valence-electron chi connectivity index (χ3n) is 2.56. The molecule has 0 aliphatic carbocycles. The molecule has 0 fully saturated rings.